The largest absolute Gasteiger partial charge is 0.354 e. The van der Waals surface area contributed by atoms with Crippen molar-refractivity contribution in [2.45, 2.75) is 13.5 Å². The normalized spacial score (nSPS) is 10.6. The number of aromatic nitrogens is 4. The summed E-state index contributed by atoms with van der Waals surface area (Å²) in [7, 11) is 1.51. The first-order valence-corrected chi connectivity index (χ1v) is 8.31. The number of halogens is 1. The smallest absolute Gasteiger partial charge is 0.273 e. The van der Waals surface area contributed by atoms with E-state index in [9.17, 15) is 9.59 Å². The van der Waals surface area contributed by atoms with Crippen LogP contribution in [0.5, 0.6) is 0 Å². The Morgan fingerprint density at radius 3 is 2.62 bits per heavy atom. The summed E-state index contributed by atoms with van der Waals surface area (Å²) in [5.41, 5.74) is 2.19. The molecule has 3 N–H and O–H groups in total. The zero-order valence-corrected chi connectivity index (χ0v) is 15.0. The minimum absolute atomic E-state index is 0.153. The van der Waals surface area contributed by atoms with Crippen LogP contribution in [0.2, 0.25) is 5.02 Å². The Labute approximate surface area is 154 Å². The molecule has 0 saturated heterocycles. The highest BCUT2D eigenvalue weighted by Gasteiger charge is 2.19. The number of hydrogen-bond acceptors (Lipinski definition) is 4. The van der Waals surface area contributed by atoms with Gasteiger partial charge in [-0.1, -0.05) is 23.7 Å². The summed E-state index contributed by atoms with van der Waals surface area (Å²) in [5, 5.41) is 16.8. The number of amides is 2. The van der Waals surface area contributed by atoms with E-state index in [4.69, 9.17) is 11.6 Å². The predicted molar refractivity (Wildman–Crippen MR) is 98.3 cm³/mol. The molecule has 3 aromatic rings. The lowest BCUT2D eigenvalue weighted by Crippen LogP contribution is -2.21. The Kier molecular flexibility index (Phi) is 5.04. The van der Waals surface area contributed by atoms with E-state index in [-0.39, 0.29) is 17.3 Å². The predicted octanol–water partition coefficient (Wildman–Crippen LogP) is 2.56. The minimum atomic E-state index is -0.418. The zero-order chi connectivity index (χ0) is 18.7. The van der Waals surface area contributed by atoms with Gasteiger partial charge in [0, 0.05) is 30.4 Å². The molecule has 2 heterocycles. The molecule has 134 valence electrons. The Morgan fingerprint density at radius 2 is 1.96 bits per heavy atom. The lowest BCUT2D eigenvalue weighted by molar-refractivity contribution is 0.0958. The highest BCUT2D eigenvalue weighted by atomic mass is 35.5. The first kappa shape index (κ1) is 17.7. The Balaban J connectivity index is 1.82. The Hall–Kier alpha value is -3.13. The molecule has 0 atom stereocenters. The lowest BCUT2D eigenvalue weighted by Gasteiger charge is -2.02. The van der Waals surface area contributed by atoms with Crippen molar-refractivity contribution < 1.29 is 9.59 Å². The van der Waals surface area contributed by atoms with Gasteiger partial charge in [-0.15, -0.1) is 0 Å². The number of aromatic amines is 1. The van der Waals surface area contributed by atoms with E-state index in [0.717, 1.165) is 5.56 Å². The van der Waals surface area contributed by atoms with Gasteiger partial charge in [-0.25, -0.2) is 0 Å². The molecule has 0 saturated carbocycles. The number of anilines is 1. The number of benzene rings is 1. The van der Waals surface area contributed by atoms with Gasteiger partial charge < -0.3 is 10.6 Å². The van der Waals surface area contributed by atoms with Gasteiger partial charge in [0.1, 0.15) is 5.69 Å². The molecule has 0 aliphatic carbocycles. The number of hydrogen-bond donors (Lipinski definition) is 3. The van der Waals surface area contributed by atoms with Crippen molar-refractivity contribution >= 4 is 29.1 Å². The van der Waals surface area contributed by atoms with Crippen LogP contribution >= 0.6 is 11.6 Å². The van der Waals surface area contributed by atoms with Gasteiger partial charge in [0.15, 0.2) is 5.69 Å². The molecule has 1 aromatic carbocycles. The van der Waals surface area contributed by atoms with Gasteiger partial charge in [0.2, 0.25) is 0 Å². The number of nitrogens with zero attached hydrogens (tertiary/aromatic N) is 3. The summed E-state index contributed by atoms with van der Waals surface area (Å²) in [4.78, 5) is 24.4. The average Bonchev–Trinajstić information content (AvgIpc) is 3.29. The second-order valence-electron chi connectivity index (χ2n) is 5.45. The minimum Gasteiger partial charge on any atom is -0.354 e. The van der Waals surface area contributed by atoms with Crippen LogP contribution in [0.3, 0.4) is 0 Å². The van der Waals surface area contributed by atoms with Gasteiger partial charge in [-0.2, -0.15) is 10.2 Å². The van der Waals surface area contributed by atoms with Crippen LogP contribution in [0.15, 0.2) is 36.5 Å². The van der Waals surface area contributed by atoms with E-state index in [2.05, 4.69) is 25.9 Å². The van der Waals surface area contributed by atoms with Crippen LogP contribution < -0.4 is 10.6 Å². The number of nitrogens with one attached hydrogen (secondary N) is 3. The fourth-order valence-corrected chi connectivity index (χ4v) is 2.48. The molecule has 0 bridgehead atoms. The second kappa shape index (κ2) is 7.40. The lowest BCUT2D eigenvalue weighted by atomic mass is 10.1. The SMILES string of the molecule is CCn1cc(NC(=O)c2cc(-c3ccc(Cl)cc3)n[nH]2)c(C(=O)NC)n1. The maximum Gasteiger partial charge on any atom is 0.273 e. The molecule has 26 heavy (non-hydrogen) atoms. The van der Waals surface area contributed by atoms with E-state index in [1.165, 1.54) is 7.05 Å². The quantitative estimate of drug-likeness (QED) is 0.640. The van der Waals surface area contributed by atoms with Crippen molar-refractivity contribution in [3.05, 3.63) is 52.9 Å². The maximum atomic E-state index is 12.5. The van der Waals surface area contributed by atoms with Crippen molar-refractivity contribution in [1.29, 1.82) is 0 Å². The number of aryl methyl sites for hydroxylation is 1. The van der Waals surface area contributed by atoms with Crippen LogP contribution in [0, 0.1) is 0 Å². The third kappa shape index (κ3) is 3.60. The third-order valence-electron chi connectivity index (χ3n) is 3.74. The summed E-state index contributed by atoms with van der Waals surface area (Å²) in [5.74, 6) is -0.794. The van der Waals surface area contributed by atoms with E-state index >= 15 is 0 Å². The molecule has 9 heteroatoms. The van der Waals surface area contributed by atoms with E-state index < -0.39 is 5.91 Å². The van der Waals surface area contributed by atoms with Crippen LogP contribution in [0.1, 0.15) is 27.9 Å². The maximum absolute atomic E-state index is 12.5. The number of carbonyl (C=O) groups excluding carboxylic acids is 2. The highest BCUT2D eigenvalue weighted by molar-refractivity contribution is 6.30. The summed E-state index contributed by atoms with van der Waals surface area (Å²) >= 11 is 5.88. The van der Waals surface area contributed by atoms with Crippen LogP contribution in [-0.4, -0.2) is 38.8 Å². The fourth-order valence-electron chi connectivity index (χ4n) is 2.36. The molecule has 3 rings (SSSR count). The molecule has 0 spiro atoms. The van der Waals surface area contributed by atoms with E-state index in [1.807, 2.05) is 19.1 Å². The van der Waals surface area contributed by atoms with Crippen LogP contribution in [0.25, 0.3) is 11.3 Å². The number of rotatable bonds is 5. The first-order chi connectivity index (χ1) is 12.5. The summed E-state index contributed by atoms with van der Waals surface area (Å²) in [6.45, 7) is 2.46. The molecular weight excluding hydrogens is 356 g/mol. The molecule has 8 nitrogen and oxygen atoms in total. The van der Waals surface area contributed by atoms with Gasteiger partial charge >= 0.3 is 0 Å². The van der Waals surface area contributed by atoms with Crippen molar-refractivity contribution in [2.75, 3.05) is 12.4 Å². The molecule has 2 amide bonds. The van der Waals surface area contributed by atoms with E-state index in [0.29, 0.717) is 22.9 Å². The Bertz CT molecular complexity index is 945. The van der Waals surface area contributed by atoms with Crippen molar-refractivity contribution in [3.8, 4) is 11.3 Å². The molecule has 0 aliphatic heterocycles. The highest BCUT2D eigenvalue weighted by Crippen LogP contribution is 2.21. The van der Waals surface area contributed by atoms with Crippen molar-refractivity contribution in [1.82, 2.24) is 25.3 Å². The van der Waals surface area contributed by atoms with Gasteiger partial charge in [0.25, 0.3) is 11.8 Å². The standard InChI is InChI=1S/C17H17ClN6O2/c1-3-24-9-14(15(23-24)17(26)19-2)20-16(25)13-8-12(21-22-13)10-4-6-11(18)7-5-10/h4-9H,3H2,1-2H3,(H,19,26)(H,20,25)(H,21,22). The van der Waals surface area contributed by atoms with E-state index in [1.54, 1.807) is 29.1 Å². The topological polar surface area (TPSA) is 105 Å². The molecule has 0 fully saturated rings. The van der Waals surface area contributed by atoms with Crippen molar-refractivity contribution in [3.63, 3.8) is 0 Å². The number of H-pyrrole nitrogens is 1. The molecule has 0 aliphatic rings. The summed E-state index contributed by atoms with van der Waals surface area (Å²) in [6.07, 6.45) is 1.61. The van der Waals surface area contributed by atoms with Crippen LogP contribution in [0.4, 0.5) is 5.69 Å². The van der Waals surface area contributed by atoms with Gasteiger partial charge in [-0.3, -0.25) is 19.4 Å². The molecule has 0 unspecified atom stereocenters. The van der Waals surface area contributed by atoms with Crippen LogP contribution in [-0.2, 0) is 6.54 Å². The average molecular weight is 373 g/mol. The van der Waals surface area contributed by atoms with Crippen molar-refractivity contribution in [2.24, 2.45) is 0 Å². The summed E-state index contributed by atoms with van der Waals surface area (Å²) in [6, 6.07) is 8.76. The monoisotopic (exact) mass is 372 g/mol. The first-order valence-electron chi connectivity index (χ1n) is 7.94. The summed E-state index contributed by atoms with van der Waals surface area (Å²) < 4.78 is 1.58. The molecule has 0 radical (unpaired) electrons. The third-order valence-corrected chi connectivity index (χ3v) is 3.99. The van der Waals surface area contributed by atoms with Gasteiger partial charge in [0.05, 0.1) is 11.4 Å². The number of carbonyl (C=O) groups is 2. The Morgan fingerprint density at radius 1 is 1.23 bits per heavy atom. The fraction of sp³-hybridized carbons (Fsp3) is 0.176. The zero-order valence-electron chi connectivity index (χ0n) is 14.2. The molecular formula is C17H17ClN6O2. The second-order valence-corrected chi connectivity index (χ2v) is 5.89. The molecule has 2 aromatic heterocycles. The van der Waals surface area contributed by atoms with Gasteiger partial charge in [-0.05, 0) is 25.1 Å².